The van der Waals surface area contributed by atoms with Crippen LogP contribution in [0.2, 0.25) is 18.1 Å². The number of nitro benzene ring substituents is 1. The third-order valence-electron chi connectivity index (χ3n) is 8.13. The summed E-state index contributed by atoms with van der Waals surface area (Å²) in [4.78, 5) is 11.0. The number of allylic oxidation sites excluding steroid dienone is 1. The third kappa shape index (κ3) is 5.40. The normalized spacial score (nSPS) is 21.4. The van der Waals surface area contributed by atoms with Crippen molar-refractivity contribution in [2.75, 3.05) is 0 Å². The van der Waals surface area contributed by atoms with E-state index in [1.807, 2.05) is 30.3 Å². The Morgan fingerprint density at radius 1 is 0.973 bits per heavy atom. The van der Waals surface area contributed by atoms with E-state index in [1.165, 1.54) is 22.5 Å². The van der Waals surface area contributed by atoms with Crippen LogP contribution in [0.4, 0.5) is 5.69 Å². The van der Waals surface area contributed by atoms with Crippen LogP contribution in [0.15, 0.2) is 70.8 Å². The van der Waals surface area contributed by atoms with Gasteiger partial charge < -0.3 is 4.43 Å². The van der Waals surface area contributed by atoms with E-state index in [0.717, 1.165) is 42.5 Å². The lowest BCUT2D eigenvalue weighted by Gasteiger charge is -2.46. The van der Waals surface area contributed by atoms with Crippen molar-refractivity contribution in [1.82, 2.24) is 4.31 Å². The molecule has 0 unspecified atom stereocenters. The van der Waals surface area contributed by atoms with Gasteiger partial charge in [0, 0.05) is 18.2 Å². The van der Waals surface area contributed by atoms with Crippen LogP contribution in [0, 0.1) is 10.1 Å². The first kappa shape index (κ1) is 27.5. The number of hydrogen-bond donors (Lipinski definition) is 0. The minimum atomic E-state index is -4.23. The average molecular weight is 543 g/mol. The maximum absolute atomic E-state index is 14.4. The minimum Gasteiger partial charge on any atom is -0.410 e. The first-order valence-corrected chi connectivity index (χ1v) is 17.4. The number of sulfonamides is 1. The maximum Gasteiger partial charge on any atom is 0.289 e. The molecule has 9 heteroatoms. The van der Waals surface area contributed by atoms with Crippen LogP contribution < -0.4 is 0 Å². The summed E-state index contributed by atoms with van der Waals surface area (Å²) in [6.45, 7) is 11.1. The van der Waals surface area contributed by atoms with Crippen LogP contribution >= 0.6 is 0 Å². The van der Waals surface area contributed by atoms with Gasteiger partial charge in [-0.05, 0) is 61.0 Å². The fourth-order valence-corrected chi connectivity index (χ4v) is 8.37. The van der Waals surface area contributed by atoms with Crippen LogP contribution in [-0.2, 0) is 14.4 Å². The molecule has 200 valence electrons. The van der Waals surface area contributed by atoms with Crippen LogP contribution in [0.3, 0.4) is 0 Å². The first-order valence-electron chi connectivity index (χ1n) is 13.1. The molecule has 0 aromatic heterocycles. The molecule has 0 bridgehead atoms. The fraction of sp³-hybridized carbons (Fsp3) is 0.500. The Bertz CT molecular complexity index is 1290. The number of para-hydroxylation sites is 1. The predicted molar refractivity (Wildman–Crippen MR) is 148 cm³/mol. The smallest absolute Gasteiger partial charge is 0.289 e. The molecular formula is C28H38N2O5SSi. The number of nitro groups is 1. The van der Waals surface area contributed by atoms with E-state index >= 15 is 0 Å². The molecule has 2 aromatic rings. The largest absolute Gasteiger partial charge is 0.410 e. The van der Waals surface area contributed by atoms with Crippen LogP contribution in [0.1, 0.15) is 70.9 Å². The zero-order chi connectivity index (χ0) is 27.0. The van der Waals surface area contributed by atoms with Gasteiger partial charge in [0.25, 0.3) is 15.7 Å². The standard InChI is InChI=1S/C28H38N2O5SSi/c1-28(2,3)37(4,5)35-26-20-25(21-14-8-6-9-15-21)29(23-17-11-7-10-16-22(23)26)36(33,34)27-19-13-12-18-24(27)30(31)32/h6,8-9,12-15,18-19,25-26H,7,10-11,16-17,20H2,1-5H3/t25-,26-/m1/s1. The Kier molecular flexibility index (Phi) is 7.70. The molecule has 0 N–H and O–H groups in total. The van der Waals surface area contributed by atoms with Gasteiger partial charge in [-0.2, -0.15) is 0 Å². The Balaban J connectivity index is 1.94. The van der Waals surface area contributed by atoms with Crippen LogP contribution in [-0.4, -0.2) is 32.1 Å². The average Bonchev–Trinajstić information content (AvgIpc) is 3.09. The molecule has 0 saturated heterocycles. The van der Waals surface area contributed by atoms with E-state index in [1.54, 1.807) is 6.07 Å². The predicted octanol–water partition coefficient (Wildman–Crippen LogP) is 7.34. The molecular weight excluding hydrogens is 504 g/mol. The van der Waals surface area contributed by atoms with E-state index < -0.39 is 35.0 Å². The van der Waals surface area contributed by atoms with E-state index in [9.17, 15) is 18.5 Å². The molecule has 37 heavy (non-hydrogen) atoms. The second-order valence-electron chi connectivity index (χ2n) is 11.6. The van der Waals surface area contributed by atoms with E-state index in [2.05, 4.69) is 33.9 Å². The highest BCUT2D eigenvalue weighted by atomic mass is 32.2. The molecule has 1 aliphatic heterocycles. The van der Waals surface area contributed by atoms with Crippen molar-refractivity contribution in [3.8, 4) is 0 Å². The van der Waals surface area contributed by atoms with E-state index in [4.69, 9.17) is 4.43 Å². The van der Waals surface area contributed by atoms with Crippen molar-refractivity contribution < 1.29 is 17.8 Å². The molecule has 4 rings (SSSR count). The summed E-state index contributed by atoms with van der Waals surface area (Å²) in [5, 5.41) is 11.8. The monoisotopic (exact) mass is 542 g/mol. The summed E-state index contributed by atoms with van der Waals surface area (Å²) in [7, 11) is -6.39. The highest BCUT2D eigenvalue weighted by Gasteiger charge is 2.47. The Morgan fingerprint density at radius 2 is 1.59 bits per heavy atom. The van der Waals surface area contributed by atoms with Gasteiger partial charge in [0.1, 0.15) is 0 Å². The second kappa shape index (κ2) is 10.3. The van der Waals surface area contributed by atoms with Crippen molar-refractivity contribution in [3.63, 3.8) is 0 Å². The molecule has 0 radical (unpaired) electrons. The number of rotatable bonds is 6. The van der Waals surface area contributed by atoms with Crippen molar-refractivity contribution in [3.05, 3.63) is 81.5 Å². The first-order chi connectivity index (χ1) is 17.3. The van der Waals surface area contributed by atoms with Crippen molar-refractivity contribution in [2.24, 2.45) is 0 Å². The molecule has 1 heterocycles. The summed E-state index contributed by atoms with van der Waals surface area (Å²) < 4.78 is 37.3. The van der Waals surface area contributed by atoms with Crippen LogP contribution in [0.25, 0.3) is 0 Å². The fourth-order valence-electron chi connectivity index (χ4n) is 5.16. The molecule has 2 atom stereocenters. The van der Waals surface area contributed by atoms with Crippen molar-refractivity contribution >= 4 is 24.0 Å². The number of nitrogens with zero attached hydrogens (tertiary/aromatic N) is 2. The number of benzene rings is 2. The van der Waals surface area contributed by atoms with Gasteiger partial charge in [0.15, 0.2) is 13.2 Å². The third-order valence-corrected chi connectivity index (χ3v) is 14.5. The Labute approximate surface area is 221 Å². The summed E-state index contributed by atoms with van der Waals surface area (Å²) >= 11 is 0. The highest BCUT2D eigenvalue weighted by Crippen LogP contribution is 2.49. The minimum absolute atomic E-state index is 0.00849. The van der Waals surface area contributed by atoms with Gasteiger partial charge in [-0.25, -0.2) is 8.42 Å². The Morgan fingerprint density at radius 3 is 2.24 bits per heavy atom. The molecule has 7 nitrogen and oxygen atoms in total. The zero-order valence-electron chi connectivity index (χ0n) is 22.4. The highest BCUT2D eigenvalue weighted by molar-refractivity contribution is 7.89. The van der Waals surface area contributed by atoms with Gasteiger partial charge in [-0.3, -0.25) is 14.4 Å². The molecule has 0 fully saturated rings. The molecule has 0 spiro atoms. The second-order valence-corrected chi connectivity index (χ2v) is 18.1. The molecule has 2 aliphatic rings. The van der Waals surface area contributed by atoms with Crippen molar-refractivity contribution in [2.45, 2.75) is 94.5 Å². The lowest BCUT2D eigenvalue weighted by Crippen LogP contribution is -2.48. The SMILES string of the molecule is CC(C)(C)[Si](C)(C)O[C@@H]1C[C@H](c2ccccc2)N(S(=O)(=O)c2ccccc2[N+](=O)[O-])C2=C1CCCCC2. The molecule has 1 aliphatic carbocycles. The summed E-state index contributed by atoms with van der Waals surface area (Å²) in [5.74, 6) is 0. The summed E-state index contributed by atoms with van der Waals surface area (Å²) in [6.07, 6.45) is 4.54. The lowest BCUT2D eigenvalue weighted by molar-refractivity contribution is -0.387. The quantitative estimate of drug-likeness (QED) is 0.216. The van der Waals surface area contributed by atoms with Gasteiger partial charge in [-0.15, -0.1) is 0 Å². The zero-order valence-corrected chi connectivity index (χ0v) is 24.3. The van der Waals surface area contributed by atoms with Gasteiger partial charge in [0.2, 0.25) is 0 Å². The van der Waals surface area contributed by atoms with Crippen LogP contribution in [0.5, 0.6) is 0 Å². The van der Waals surface area contributed by atoms with E-state index in [0.29, 0.717) is 12.8 Å². The number of hydrogen-bond acceptors (Lipinski definition) is 5. The topological polar surface area (TPSA) is 89.8 Å². The van der Waals surface area contributed by atoms with Gasteiger partial charge >= 0.3 is 0 Å². The Hall–Kier alpha value is -2.49. The molecule has 0 amide bonds. The lowest BCUT2D eigenvalue weighted by atomic mass is 9.89. The van der Waals surface area contributed by atoms with E-state index in [-0.39, 0.29) is 16.0 Å². The maximum atomic E-state index is 14.4. The van der Waals surface area contributed by atoms with Crippen molar-refractivity contribution in [1.29, 1.82) is 0 Å². The summed E-state index contributed by atoms with van der Waals surface area (Å²) in [5.41, 5.74) is 2.28. The van der Waals surface area contributed by atoms with Gasteiger partial charge in [-0.1, -0.05) is 69.7 Å². The molecule has 2 aromatic carbocycles. The summed E-state index contributed by atoms with van der Waals surface area (Å²) in [6, 6.07) is 14.8. The van der Waals surface area contributed by atoms with Gasteiger partial charge in [0.05, 0.1) is 17.1 Å². The molecule has 0 saturated carbocycles.